The van der Waals surface area contributed by atoms with Gasteiger partial charge in [-0.3, -0.25) is 4.90 Å². The zero-order valence-electron chi connectivity index (χ0n) is 13.9. The van der Waals surface area contributed by atoms with Crippen molar-refractivity contribution in [1.82, 2.24) is 20.4 Å². The van der Waals surface area contributed by atoms with E-state index in [0.29, 0.717) is 18.3 Å². The molecule has 2 unspecified atom stereocenters. The number of aryl methyl sites for hydroxylation is 1. The van der Waals surface area contributed by atoms with E-state index < -0.39 is 11.6 Å². The fraction of sp³-hybridized carbons (Fsp3) is 0.529. The van der Waals surface area contributed by atoms with Crippen LogP contribution in [0, 0.1) is 18.6 Å². The van der Waals surface area contributed by atoms with E-state index in [1.807, 2.05) is 6.92 Å². The third kappa shape index (κ3) is 4.15. The summed E-state index contributed by atoms with van der Waals surface area (Å²) in [7, 11) is 0. The number of aromatic nitrogens is 2. The van der Waals surface area contributed by atoms with E-state index in [-0.39, 0.29) is 12.1 Å². The molecule has 0 spiro atoms. The first-order chi connectivity index (χ1) is 11.5. The molecule has 2 atom stereocenters. The Balaban J connectivity index is 1.57. The summed E-state index contributed by atoms with van der Waals surface area (Å²) >= 11 is 0. The van der Waals surface area contributed by atoms with Crippen molar-refractivity contribution < 1.29 is 13.3 Å². The van der Waals surface area contributed by atoms with Crippen molar-refractivity contribution in [3.63, 3.8) is 0 Å². The summed E-state index contributed by atoms with van der Waals surface area (Å²) in [6.45, 7) is 6.26. The zero-order valence-corrected chi connectivity index (χ0v) is 13.9. The lowest BCUT2D eigenvalue weighted by atomic mass is 10.0. The lowest BCUT2D eigenvalue weighted by Crippen LogP contribution is -2.46. The Hall–Kier alpha value is -1.86. The lowest BCUT2D eigenvalue weighted by molar-refractivity contribution is 0.172. The smallest absolute Gasteiger partial charge is 0.223 e. The molecule has 0 bridgehead atoms. The molecule has 0 saturated carbocycles. The molecule has 1 N–H and O–H groups in total. The van der Waals surface area contributed by atoms with Crippen LogP contribution in [0.15, 0.2) is 22.7 Å². The van der Waals surface area contributed by atoms with Crippen molar-refractivity contribution in [3.8, 4) is 0 Å². The summed E-state index contributed by atoms with van der Waals surface area (Å²) in [5, 5.41) is 7.44. The maximum Gasteiger partial charge on any atom is 0.223 e. The van der Waals surface area contributed by atoms with Crippen molar-refractivity contribution in [2.75, 3.05) is 13.1 Å². The van der Waals surface area contributed by atoms with Gasteiger partial charge in [0.05, 0.1) is 6.54 Å². The summed E-state index contributed by atoms with van der Waals surface area (Å²) < 4.78 is 31.5. The SMILES string of the molecule is Cc1nc(CN2CCCC(NC(C)c3ccc(F)c(F)c3)C2)no1. The molecule has 24 heavy (non-hydrogen) atoms. The van der Waals surface area contributed by atoms with E-state index in [1.54, 1.807) is 13.0 Å². The van der Waals surface area contributed by atoms with E-state index >= 15 is 0 Å². The molecule has 1 saturated heterocycles. The highest BCUT2D eigenvalue weighted by Crippen LogP contribution is 2.19. The van der Waals surface area contributed by atoms with Crippen LogP contribution in [0.4, 0.5) is 8.78 Å². The van der Waals surface area contributed by atoms with Gasteiger partial charge in [-0.2, -0.15) is 4.98 Å². The predicted octanol–water partition coefficient (Wildman–Crippen LogP) is 2.97. The number of nitrogens with one attached hydrogen (secondary N) is 1. The second kappa shape index (κ2) is 7.36. The Morgan fingerprint density at radius 1 is 1.38 bits per heavy atom. The third-order valence-electron chi connectivity index (χ3n) is 4.37. The van der Waals surface area contributed by atoms with Crippen LogP contribution in [-0.2, 0) is 6.54 Å². The van der Waals surface area contributed by atoms with Gasteiger partial charge in [-0.25, -0.2) is 8.78 Å². The van der Waals surface area contributed by atoms with Crippen molar-refractivity contribution in [2.45, 2.75) is 45.3 Å². The van der Waals surface area contributed by atoms with Crippen LogP contribution in [0.1, 0.15) is 43.1 Å². The van der Waals surface area contributed by atoms with Crippen LogP contribution < -0.4 is 5.32 Å². The summed E-state index contributed by atoms with van der Waals surface area (Å²) in [5.74, 6) is -0.352. The van der Waals surface area contributed by atoms with Gasteiger partial charge in [-0.1, -0.05) is 11.2 Å². The largest absolute Gasteiger partial charge is 0.340 e. The van der Waals surface area contributed by atoms with Crippen LogP contribution in [-0.4, -0.2) is 34.2 Å². The number of nitrogens with zero attached hydrogens (tertiary/aromatic N) is 3. The Morgan fingerprint density at radius 2 is 2.21 bits per heavy atom. The van der Waals surface area contributed by atoms with Crippen molar-refractivity contribution in [1.29, 1.82) is 0 Å². The van der Waals surface area contributed by atoms with Crippen LogP contribution in [0.25, 0.3) is 0 Å². The van der Waals surface area contributed by atoms with E-state index in [9.17, 15) is 8.78 Å². The maximum atomic E-state index is 13.4. The van der Waals surface area contributed by atoms with E-state index in [0.717, 1.165) is 31.5 Å². The molecule has 1 aromatic heterocycles. The molecule has 1 aliphatic rings. The van der Waals surface area contributed by atoms with Gasteiger partial charge in [0.15, 0.2) is 17.5 Å². The molecule has 1 aliphatic heterocycles. The minimum Gasteiger partial charge on any atom is -0.340 e. The molecule has 0 radical (unpaired) electrons. The Morgan fingerprint density at radius 3 is 2.92 bits per heavy atom. The Bertz CT molecular complexity index is 691. The second-order valence-corrected chi connectivity index (χ2v) is 6.37. The summed E-state index contributed by atoms with van der Waals surface area (Å²) in [6, 6.07) is 4.30. The van der Waals surface area contributed by atoms with Crippen LogP contribution in [0.2, 0.25) is 0 Å². The van der Waals surface area contributed by atoms with Gasteiger partial charge in [0.2, 0.25) is 5.89 Å². The van der Waals surface area contributed by atoms with Crippen molar-refractivity contribution in [3.05, 3.63) is 47.1 Å². The fourth-order valence-corrected chi connectivity index (χ4v) is 3.17. The first-order valence-corrected chi connectivity index (χ1v) is 8.24. The molecule has 2 aromatic rings. The summed E-state index contributed by atoms with van der Waals surface area (Å²) in [5.41, 5.74) is 0.750. The number of hydrogen-bond acceptors (Lipinski definition) is 5. The van der Waals surface area contributed by atoms with E-state index in [4.69, 9.17) is 4.52 Å². The molecule has 1 fully saturated rings. The number of halogens is 2. The summed E-state index contributed by atoms with van der Waals surface area (Å²) in [6.07, 6.45) is 2.12. The molecule has 1 aromatic carbocycles. The number of likely N-dealkylation sites (tertiary alicyclic amines) is 1. The Labute approximate surface area is 140 Å². The van der Waals surface area contributed by atoms with Gasteiger partial charge in [0.1, 0.15) is 0 Å². The van der Waals surface area contributed by atoms with Crippen LogP contribution in [0.5, 0.6) is 0 Å². The Kier molecular flexibility index (Phi) is 5.20. The average Bonchev–Trinajstić information content (AvgIpc) is 2.95. The zero-order chi connectivity index (χ0) is 17.1. The molecule has 0 amide bonds. The van der Waals surface area contributed by atoms with Crippen LogP contribution in [0.3, 0.4) is 0 Å². The van der Waals surface area contributed by atoms with Crippen molar-refractivity contribution in [2.24, 2.45) is 0 Å². The highest BCUT2D eigenvalue weighted by atomic mass is 19.2. The molecule has 2 heterocycles. The van der Waals surface area contributed by atoms with Gasteiger partial charge in [-0.05, 0) is 44.0 Å². The van der Waals surface area contributed by atoms with E-state index in [2.05, 4.69) is 20.4 Å². The topological polar surface area (TPSA) is 54.2 Å². The number of hydrogen-bond donors (Lipinski definition) is 1. The molecule has 130 valence electrons. The fourth-order valence-electron chi connectivity index (χ4n) is 3.17. The first-order valence-electron chi connectivity index (χ1n) is 8.24. The lowest BCUT2D eigenvalue weighted by Gasteiger charge is -2.34. The standard InChI is InChI=1S/C17H22F2N4O/c1-11(13-5-6-15(18)16(19)8-13)20-14-4-3-7-23(9-14)10-17-21-12(2)24-22-17/h5-6,8,11,14,20H,3-4,7,9-10H2,1-2H3. The molecule has 3 rings (SSSR count). The quantitative estimate of drug-likeness (QED) is 0.910. The third-order valence-corrected chi connectivity index (χ3v) is 4.37. The highest BCUT2D eigenvalue weighted by Gasteiger charge is 2.23. The second-order valence-electron chi connectivity index (χ2n) is 6.37. The first kappa shape index (κ1) is 17.0. The minimum absolute atomic E-state index is 0.0440. The van der Waals surface area contributed by atoms with Gasteiger partial charge < -0.3 is 9.84 Å². The molecule has 5 nitrogen and oxygen atoms in total. The van der Waals surface area contributed by atoms with Gasteiger partial charge in [0.25, 0.3) is 0 Å². The number of piperidine rings is 1. The predicted molar refractivity (Wildman–Crippen MR) is 85.2 cm³/mol. The summed E-state index contributed by atoms with van der Waals surface area (Å²) in [4.78, 5) is 6.52. The van der Waals surface area contributed by atoms with Gasteiger partial charge in [-0.15, -0.1) is 0 Å². The molecular weight excluding hydrogens is 314 g/mol. The van der Waals surface area contributed by atoms with E-state index in [1.165, 1.54) is 12.1 Å². The van der Waals surface area contributed by atoms with Crippen molar-refractivity contribution >= 4 is 0 Å². The minimum atomic E-state index is -0.815. The molecule has 7 heteroatoms. The highest BCUT2D eigenvalue weighted by molar-refractivity contribution is 5.21. The molecule has 0 aliphatic carbocycles. The monoisotopic (exact) mass is 336 g/mol. The molecular formula is C17H22F2N4O. The van der Waals surface area contributed by atoms with Gasteiger partial charge >= 0.3 is 0 Å². The number of benzene rings is 1. The average molecular weight is 336 g/mol. The number of rotatable bonds is 5. The maximum absolute atomic E-state index is 13.4. The van der Waals surface area contributed by atoms with Gasteiger partial charge in [0, 0.05) is 25.6 Å². The van der Waals surface area contributed by atoms with Crippen LogP contribution >= 0.6 is 0 Å². The normalized spacial score (nSPS) is 20.2.